The Balaban J connectivity index is 3.01. The van der Waals surface area contributed by atoms with Crippen molar-refractivity contribution in [2.24, 2.45) is 0 Å². The van der Waals surface area contributed by atoms with E-state index in [4.69, 9.17) is 5.73 Å². The molecule has 0 aliphatic rings. The van der Waals surface area contributed by atoms with Gasteiger partial charge in [0, 0.05) is 0 Å². The number of halogens is 5. The number of carbonyl (C=O) groups is 1. The van der Waals surface area contributed by atoms with Crippen LogP contribution in [0.2, 0.25) is 0 Å². The molecule has 0 aromatic heterocycles. The molecule has 0 spiro atoms. The van der Waals surface area contributed by atoms with E-state index in [0.29, 0.717) is 6.07 Å². The fourth-order valence-corrected chi connectivity index (χ4v) is 1.04. The van der Waals surface area contributed by atoms with E-state index in [1.807, 2.05) is 0 Å². The topological polar surface area (TPSA) is 55.1 Å². The number of amides is 1. The minimum absolute atomic E-state index is 0.552. The molecule has 94 valence electrons. The number of anilines is 1. The van der Waals surface area contributed by atoms with Gasteiger partial charge in [-0.05, 0) is 12.1 Å². The molecule has 0 aliphatic carbocycles. The monoisotopic (exact) mass is 254 g/mol. The number of benzene rings is 1. The molecule has 0 heterocycles. The predicted octanol–water partition coefficient (Wildman–Crippen LogP) is 1.84. The minimum atomic E-state index is -3.49. The highest BCUT2D eigenvalue weighted by molar-refractivity contribution is 5.95. The van der Waals surface area contributed by atoms with Crippen molar-refractivity contribution in [1.82, 2.24) is 5.32 Å². The van der Waals surface area contributed by atoms with Crippen LogP contribution < -0.4 is 11.1 Å². The number of nitrogens with two attached hydrogens (primary N) is 1. The van der Waals surface area contributed by atoms with Crippen molar-refractivity contribution in [2.75, 3.05) is 5.73 Å². The van der Waals surface area contributed by atoms with Gasteiger partial charge in [-0.15, -0.1) is 0 Å². The average molecular weight is 254 g/mol. The molecular formula is C9H7F5N2O. The van der Waals surface area contributed by atoms with E-state index in [1.54, 1.807) is 0 Å². The van der Waals surface area contributed by atoms with Crippen LogP contribution in [0.25, 0.3) is 0 Å². The second-order valence-electron chi connectivity index (χ2n) is 3.04. The summed E-state index contributed by atoms with van der Waals surface area (Å²) in [6, 6.07) is 1.52. The summed E-state index contributed by atoms with van der Waals surface area (Å²) < 4.78 is 62.3. The lowest BCUT2D eigenvalue weighted by Gasteiger charge is -2.11. The number of nitrogens with one attached hydrogen (secondary N) is 1. The van der Waals surface area contributed by atoms with E-state index >= 15 is 0 Å². The summed E-state index contributed by atoms with van der Waals surface area (Å²) in [6.07, 6.45) is -6.51. The third kappa shape index (κ3) is 2.83. The molecule has 0 aliphatic heterocycles. The molecule has 0 saturated carbocycles. The van der Waals surface area contributed by atoms with Gasteiger partial charge >= 0.3 is 0 Å². The van der Waals surface area contributed by atoms with Crippen LogP contribution in [0.15, 0.2) is 12.1 Å². The van der Waals surface area contributed by atoms with Gasteiger partial charge in [0.05, 0.1) is 5.69 Å². The van der Waals surface area contributed by atoms with Crippen LogP contribution >= 0.6 is 0 Å². The van der Waals surface area contributed by atoms with Gasteiger partial charge in [-0.1, -0.05) is 0 Å². The van der Waals surface area contributed by atoms with Crippen molar-refractivity contribution in [3.63, 3.8) is 0 Å². The molecule has 0 radical (unpaired) electrons. The summed E-state index contributed by atoms with van der Waals surface area (Å²) >= 11 is 0. The first-order valence-electron chi connectivity index (χ1n) is 4.31. The molecule has 17 heavy (non-hydrogen) atoms. The zero-order valence-electron chi connectivity index (χ0n) is 8.18. The number of carbonyl (C=O) groups excluding carboxylic acids is 1. The Kier molecular flexibility index (Phi) is 3.87. The summed E-state index contributed by atoms with van der Waals surface area (Å²) in [5.41, 5.74) is 3.30. The Morgan fingerprint density at radius 2 is 1.82 bits per heavy atom. The Hall–Kier alpha value is -1.86. The average Bonchev–Trinajstić information content (AvgIpc) is 2.24. The maximum absolute atomic E-state index is 13.2. The summed E-state index contributed by atoms with van der Waals surface area (Å²) in [5, 5.41) is 1.11. The SMILES string of the molecule is Nc1ccc(F)c(C(=O)NC(F)C(F)F)c1F. The quantitative estimate of drug-likeness (QED) is 0.491. The lowest BCUT2D eigenvalue weighted by Crippen LogP contribution is -2.37. The Bertz CT molecular complexity index is 438. The molecule has 1 aromatic carbocycles. The molecule has 3 N–H and O–H groups in total. The standard InChI is InChI=1S/C9H7F5N2O/c10-3-1-2-4(15)6(11)5(3)9(17)16-8(14)7(12)13/h1-2,7-8H,15H2,(H,16,17). The third-order valence-corrected chi connectivity index (χ3v) is 1.84. The first-order chi connectivity index (χ1) is 7.84. The van der Waals surface area contributed by atoms with Gasteiger partial charge in [-0.2, -0.15) is 0 Å². The van der Waals surface area contributed by atoms with Crippen molar-refractivity contribution >= 4 is 11.6 Å². The fourth-order valence-electron chi connectivity index (χ4n) is 1.04. The van der Waals surface area contributed by atoms with E-state index < -0.39 is 41.5 Å². The van der Waals surface area contributed by atoms with Crippen LogP contribution in [0.5, 0.6) is 0 Å². The van der Waals surface area contributed by atoms with E-state index in [9.17, 15) is 26.7 Å². The van der Waals surface area contributed by atoms with Gasteiger partial charge in [-0.25, -0.2) is 22.0 Å². The van der Waals surface area contributed by atoms with Gasteiger partial charge in [0.15, 0.2) is 5.82 Å². The summed E-state index contributed by atoms with van der Waals surface area (Å²) in [4.78, 5) is 11.1. The molecule has 1 rings (SSSR count). The highest BCUT2D eigenvalue weighted by atomic mass is 19.3. The highest BCUT2D eigenvalue weighted by Crippen LogP contribution is 2.19. The van der Waals surface area contributed by atoms with Gasteiger partial charge < -0.3 is 11.1 Å². The van der Waals surface area contributed by atoms with Crippen LogP contribution in [0, 0.1) is 11.6 Å². The van der Waals surface area contributed by atoms with Gasteiger partial charge in [0.1, 0.15) is 11.4 Å². The lowest BCUT2D eigenvalue weighted by molar-refractivity contribution is 0.0284. The Labute approximate surface area is 92.4 Å². The summed E-state index contributed by atoms with van der Waals surface area (Å²) in [6.45, 7) is 0. The van der Waals surface area contributed by atoms with Crippen molar-refractivity contribution in [2.45, 2.75) is 12.7 Å². The number of rotatable bonds is 3. The molecule has 1 aromatic rings. The molecule has 0 saturated heterocycles. The number of hydrogen-bond donors (Lipinski definition) is 2. The largest absolute Gasteiger partial charge is 0.396 e. The number of nitrogen functional groups attached to an aromatic ring is 1. The van der Waals surface area contributed by atoms with Gasteiger partial charge in [0.25, 0.3) is 12.3 Å². The molecular weight excluding hydrogens is 247 g/mol. The highest BCUT2D eigenvalue weighted by Gasteiger charge is 2.26. The molecule has 8 heteroatoms. The van der Waals surface area contributed by atoms with Gasteiger partial charge in [0.2, 0.25) is 6.30 Å². The fraction of sp³-hybridized carbons (Fsp3) is 0.222. The van der Waals surface area contributed by atoms with Crippen LogP contribution in [0.3, 0.4) is 0 Å². The van der Waals surface area contributed by atoms with Crippen molar-refractivity contribution < 1.29 is 26.7 Å². The van der Waals surface area contributed by atoms with Gasteiger partial charge in [-0.3, -0.25) is 4.79 Å². The molecule has 0 fully saturated rings. The van der Waals surface area contributed by atoms with Crippen LogP contribution in [-0.4, -0.2) is 18.6 Å². The first kappa shape index (κ1) is 13.2. The summed E-state index contributed by atoms with van der Waals surface area (Å²) in [7, 11) is 0. The Morgan fingerprint density at radius 3 is 2.35 bits per heavy atom. The van der Waals surface area contributed by atoms with E-state index in [-0.39, 0.29) is 0 Å². The zero-order chi connectivity index (χ0) is 13.2. The first-order valence-corrected chi connectivity index (χ1v) is 4.31. The second-order valence-corrected chi connectivity index (χ2v) is 3.04. The Morgan fingerprint density at radius 1 is 1.24 bits per heavy atom. The van der Waals surface area contributed by atoms with Crippen LogP contribution in [-0.2, 0) is 0 Å². The minimum Gasteiger partial charge on any atom is -0.396 e. The maximum Gasteiger partial charge on any atom is 0.287 e. The normalized spacial score (nSPS) is 12.6. The van der Waals surface area contributed by atoms with Crippen LogP contribution in [0.4, 0.5) is 27.6 Å². The maximum atomic E-state index is 13.2. The van der Waals surface area contributed by atoms with E-state index in [0.717, 1.165) is 11.4 Å². The smallest absolute Gasteiger partial charge is 0.287 e. The van der Waals surface area contributed by atoms with E-state index in [2.05, 4.69) is 0 Å². The third-order valence-electron chi connectivity index (χ3n) is 1.84. The second kappa shape index (κ2) is 4.98. The predicted molar refractivity (Wildman–Crippen MR) is 49.1 cm³/mol. The van der Waals surface area contributed by atoms with E-state index in [1.165, 1.54) is 0 Å². The van der Waals surface area contributed by atoms with Crippen molar-refractivity contribution in [1.29, 1.82) is 0 Å². The van der Waals surface area contributed by atoms with Crippen LogP contribution in [0.1, 0.15) is 10.4 Å². The number of alkyl halides is 3. The molecule has 1 atom stereocenters. The zero-order valence-corrected chi connectivity index (χ0v) is 8.18. The lowest BCUT2D eigenvalue weighted by atomic mass is 10.1. The molecule has 0 bridgehead atoms. The summed E-state index contributed by atoms with van der Waals surface area (Å²) in [5.74, 6) is -4.39. The molecule has 1 amide bonds. The number of hydrogen-bond acceptors (Lipinski definition) is 2. The molecule has 1 unspecified atom stereocenters. The molecule has 3 nitrogen and oxygen atoms in total. The van der Waals surface area contributed by atoms with Crippen molar-refractivity contribution in [3.05, 3.63) is 29.3 Å². The van der Waals surface area contributed by atoms with Crippen molar-refractivity contribution in [3.8, 4) is 0 Å².